The number of rotatable bonds is 7. The minimum atomic E-state index is -4.67. The first-order chi connectivity index (χ1) is 12.3. The van der Waals surface area contributed by atoms with Crippen molar-refractivity contribution in [1.29, 1.82) is 0 Å². The van der Waals surface area contributed by atoms with E-state index >= 15 is 0 Å². The van der Waals surface area contributed by atoms with Gasteiger partial charge in [0.15, 0.2) is 23.4 Å². The summed E-state index contributed by atoms with van der Waals surface area (Å²) in [4.78, 5) is 23.5. The second-order valence-electron chi connectivity index (χ2n) is 5.47. The second kappa shape index (κ2) is 8.24. The third kappa shape index (κ3) is 4.55. The zero-order chi connectivity index (χ0) is 19.3. The molecule has 0 aromatic carbocycles. The molecule has 0 saturated carbocycles. The van der Waals surface area contributed by atoms with Gasteiger partial charge in [-0.1, -0.05) is 13.3 Å². The van der Waals surface area contributed by atoms with Crippen LogP contribution in [0, 0.1) is 5.82 Å². The first kappa shape index (κ1) is 19.8. The van der Waals surface area contributed by atoms with E-state index in [2.05, 4.69) is 15.0 Å². The van der Waals surface area contributed by atoms with Crippen molar-refractivity contribution in [2.24, 2.45) is 0 Å². The van der Waals surface area contributed by atoms with Gasteiger partial charge < -0.3 is 9.30 Å². The van der Waals surface area contributed by atoms with Gasteiger partial charge in [-0.05, 0) is 13.3 Å². The summed E-state index contributed by atoms with van der Waals surface area (Å²) in [5.41, 5.74) is -1.12. The van der Waals surface area contributed by atoms with E-state index < -0.39 is 29.7 Å². The number of unbranched alkanes of at least 4 members (excludes halogenated alkanes) is 1. The number of hydrogen-bond acceptors (Lipinski definition) is 5. The van der Waals surface area contributed by atoms with Crippen LogP contribution in [0.1, 0.15) is 50.1 Å². The van der Waals surface area contributed by atoms with Gasteiger partial charge in [0.2, 0.25) is 0 Å². The average molecular weight is 374 g/mol. The highest BCUT2D eigenvalue weighted by Gasteiger charge is 2.37. The van der Waals surface area contributed by atoms with Gasteiger partial charge in [-0.3, -0.25) is 0 Å². The Morgan fingerprint density at radius 2 is 1.92 bits per heavy atom. The maximum atomic E-state index is 13.1. The van der Waals surface area contributed by atoms with E-state index in [4.69, 9.17) is 4.74 Å². The normalized spacial score (nSPS) is 12.8. The number of aryl methyl sites for hydroxylation is 1. The maximum Gasteiger partial charge on any atom is 0.434 e. The number of halogens is 4. The molecule has 0 amide bonds. The molecule has 142 valence electrons. The summed E-state index contributed by atoms with van der Waals surface area (Å²) < 4.78 is 58.4. The van der Waals surface area contributed by atoms with E-state index in [1.54, 1.807) is 6.92 Å². The van der Waals surface area contributed by atoms with Crippen molar-refractivity contribution in [3.63, 3.8) is 0 Å². The number of carbonyl (C=O) groups excluding carboxylic acids is 1. The molecule has 0 aliphatic heterocycles. The second-order valence-corrected chi connectivity index (χ2v) is 5.47. The number of nitrogens with zero attached hydrogens (tertiary/aromatic N) is 4. The highest BCUT2D eigenvalue weighted by Crippen LogP contribution is 2.31. The van der Waals surface area contributed by atoms with Gasteiger partial charge in [0.05, 0.1) is 19.0 Å². The number of ether oxygens (including phenoxy) is 1. The predicted octanol–water partition coefficient (Wildman–Crippen LogP) is 3.33. The first-order valence-electron chi connectivity index (χ1n) is 8.06. The summed E-state index contributed by atoms with van der Waals surface area (Å²) in [7, 11) is 0. The van der Waals surface area contributed by atoms with Crippen molar-refractivity contribution in [2.75, 3.05) is 6.61 Å². The van der Waals surface area contributed by atoms with Crippen LogP contribution >= 0.6 is 0 Å². The summed E-state index contributed by atoms with van der Waals surface area (Å²) in [6.07, 6.45) is -0.735. The molecular formula is C16H18F4N4O2. The predicted molar refractivity (Wildman–Crippen MR) is 82.6 cm³/mol. The number of esters is 1. The molecule has 0 spiro atoms. The monoisotopic (exact) mass is 374 g/mol. The van der Waals surface area contributed by atoms with Gasteiger partial charge in [-0.2, -0.15) is 13.2 Å². The SMILES string of the molecule is CCCCc1nc(C(F)(F)F)cn1C(C(=O)OCC)c1ncc(F)cn1. The van der Waals surface area contributed by atoms with Crippen LogP contribution < -0.4 is 0 Å². The van der Waals surface area contributed by atoms with Crippen molar-refractivity contribution >= 4 is 5.97 Å². The van der Waals surface area contributed by atoms with Crippen LogP contribution in [0.4, 0.5) is 17.6 Å². The zero-order valence-corrected chi connectivity index (χ0v) is 14.3. The minimum Gasteiger partial charge on any atom is -0.464 e. The molecule has 2 heterocycles. The van der Waals surface area contributed by atoms with Gasteiger partial charge in [-0.15, -0.1) is 0 Å². The van der Waals surface area contributed by atoms with E-state index in [9.17, 15) is 22.4 Å². The maximum absolute atomic E-state index is 13.1. The lowest BCUT2D eigenvalue weighted by Crippen LogP contribution is -2.26. The summed E-state index contributed by atoms with van der Waals surface area (Å²) in [5.74, 6) is -1.69. The van der Waals surface area contributed by atoms with Crippen molar-refractivity contribution in [3.8, 4) is 0 Å². The third-order valence-corrected chi connectivity index (χ3v) is 3.53. The largest absolute Gasteiger partial charge is 0.464 e. The Labute approximate surface area is 147 Å². The number of hydrogen-bond donors (Lipinski definition) is 0. The smallest absolute Gasteiger partial charge is 0.434 e. The Morgan fingerprint density at radius 1 is 1.27 bits per heavy atom. The summed E-state index contributed by atoms with van der Waals surface area (Å²) in [5, 5.41) is 0. The Balaban J connectivity index is 2.56. The van der Waals surface area contributed by atoms with Gasteiger partial charge >= 0.3 is 12.1 Å². The average Bonchev–Trinajstić information content (AvgIpc) is 2.99. The summed E-state index contributed by atoms with van der Waals surface area (Å²) in [6.45, 7) is 3.46. The van der Waals surface area contributed by atoms with Crippen LogP contribution in [0.2, 0.25) is 0 Å². The standard InChI is InChI=1S/C16H18F4N4O2/c1-3-5-6-12-23-11(16(18,19)20)9-24(12)13(15(25)26-4-2)14-21-7-10(17)8-22-14/h7-9,13H,3-6H2,1-2H3. The molecule has 2 rings (SSSR count). The molecule has 1 unspecified atom stereocenters. The van der Waals surface area contributed by atoms with E-state index in [1.807, 2.05) is 6.92 Å². The highest BCUT2D eigenvalue weighted by molar-refractivity contribution is 5.77. The Hall–Kier alpha value is -2.52. The van der Waals surface area contributed by atoms with Gasteiger partial charge in [0, 0.05) is 12.6 Å². The van der Waals surface area contributed by atoms with Crippen molar-refractivity contribution < 1.29 is 27.1 Å². The summed E-state index contributed by atoms with van der Waals surface area (Å²) in [6, 6.07) is -1.38. The number of carbonyl (C=O) groups is 1. The van der Waals surface area contributed by atoms with Crippen LogP contribution in [-0.2, 0) is 22.1 Å². The van der Waals surface area contributed by atoms with Crippen LogP contribution in [0.15, 0.2) is 18.6 Å². The molecule has 0 fully saturated rings. The minimum absolute atomic E-state index is 0.0155. The molecule has 0 aliphatic rings. The van der Waals surface area contributed by atoms with Crippen LogP contribution in [0.5, 0.6) is 0 Å². The van der Waals surface area contributed by atoms with Gasteiger partial charge in [-0.25, -0.2) is 24.1 Å². The quantitative estimate of drug-likeness (QED) is 0.549. The zero-order valence-electron chi connectivity index (χ0n) is 14.3. The fraction of sp³-hybridized carbons (Fsp3) is 0.500. The topological polar surface area (TPSA) is 69.9 Å². The molecule has 10 heteroatoms. The lowest BCUT2D eigenvalue weighted by atomic mass is 10.2. The Morgan fingerprint density at radius 3 is 2.46 bits per heavy atom. The van der Waals surface area contributed by atoms with Crippen molar-refractivity contribution in [3.05, 3.63) is 41.8 Å². The number of imidazole rings is 1. The van der Waals surface area contributed by atoms with Crippen molar-refractivity contribution in [1.82, 2.24) is 19.5 Å². The molecule has 0 radical (unpaired) electrons. The van der Waals surface area contributed by atoms with Gasteiger partial charge in [0.25, 0.3) is 0 Å². The summed E-state index contributed by atoms with van der Waals surface area (Å²) >= 11 is 0. The van der Waals surface area contributed by atoms with Gasteiger partial charge in [0.1, 0.15) is 5.82 Å². The van der Waals surface area contributed by atoms with Crippen LogP contribution in [0.3, 0.4) is 0 Å². The fourth-order valence-corrected chi connectivity index (χ4v) is 2.34. The third-order valence-electron chi connectivity index (χ3n) is 3.53. The molecule has 0 bridgehead atoms. The molecule has 0 N–H and O–H groups in total. The van der Waals surface area contributed by atoms with E-state index in [0.717, 1.165) is 29.6 Å². The highest BCUT2D eigenvalue weighted by atomic mass is 19.4. The lowest BCUT2D eigenvalue weighted by Gasteiger charge is -2.18. The van der Waals surface area contributed by atoms with Crippen LogP contribution in [0.25, 0.3) is 0 Å². The van der Waals surface area contributed by atoms with Crippen molar-refractivity contribution in [2.45, 2.75) is 45.3 Å². The molecule has 0 aliphatic carbocycles. The number of alkyl halides is 3. The Kier molecular flexibility index (Phi) is 6.27. The first-order valence-corrected chi connectivity index (χ1v) is 8.06. The molecular weight excluding hydrogens is 356 g/mol. The number of aromatic nitrogens is 4. The molecule has 6 nitrogen and oxygen atoms in total. The molecule has 1 atom stereocenters. The van der Waals surface area contributed by atoms with E-state index in [0.29, 0.717) is 6.42 Å². The van der Waals surface area contributed by atoms with E-state index in [1.165, 1.54) is 0 Å². The van der Waals surface area contributed by atoms with Crippen LogP contribution in [-0.4, -0.2) is 32.1 Å². The molecule has 0 saturated heterocycles. The molecule has 26 heavy (non-hydrogen) atoms. The van der Waals surface area contributed by atoms with E-state index in [-0.39, 0.29) is 24.7 Å². The molecule has 2 aromatic heterocycles. The fourth-order valence-electron chi connectivity index (χ4n) is 2.34. The molecule has 2 aromatic rings. The Bertz CT molecular complexity index is 744. The lowest BCUT2D eigenvalue weighted by molar-refractivity contribution is -0.146.